The van der Waals surface area contributed by atoms with E-state index in [1.165, 1.54) is 18.3 Å². The minimum absolute atomic E-state index is 0.0803. The van der Waals surface area contributed by atoms with Crippen LogP contribution in [0.25, 0.3) is 0 Å². The summed E-state index contributed by atoms with van der Waals surface area (Å²) >= 11 is 3.29. The topological polar surface area (TPSA) is 42.0 Å². The molecule has 0 aliphatic rings. The lowest BCUT2D eigenvalue weighted by Gasteiger charge is -2.07. The molecule has 0 fully saturated rings. The van der Waals surface area contributed by atoms with Gasteiger partial charge in [0.05, 0.1) is 11.3 Å². The number of amides is 1. The van der Waals surface area contributed by atoms with Crippen LogP contribution in [0.1, 0.15) is 10.4 Å². The van der Waals surface area contributed by atoms with Crippen molar-refractivity contribution in [1.82, 2.24) is 4.98 Å². The first-order valence-electron chi connectivity index (χ1n) is 4.85. The van der Waals surface area contributed by atoms with E-state index < -0.39 is 11.9 Å². The SMILES string of the molecule is O=C(Nc1ccccc1Br)c1cccnc1F. The van der Waals surface area contributed by atoms with Gasteiger partial charge in [-0.05, 0) is 40.2 Å². The molecule has 1 aromatic carbocycles. The molecule has 0 atom stereocenters. The highest BCUT2D eigenvalue weighted by Gasteiger charge is 2.12. The third kappa shape index (κ3) is 2.68. The average molecular weight is 295 g/mol. The molecule has 1 amide bonds. The van der Waals surface area contributed by atoms with Gasteiger partial charge in [-0.15, -0.1) is 0 Å². The first-order chi connectivity index (χ1) is 8.18. The molecule has 0 saturated heterocycles. The number of rotatable bonds is 2. The largest absolute Gasteiger partial charge is 0.321 e. The molecule has 2 rings (SSSR count). The Hall–Kier alpha value is -1.75. The molecule has 0 bridgehead atoms. The van der Waals surface area contributed by atoms with Gasteiger partial charge in [-0.25, -0.2) is 4.98 Å². The number of halogens is 2. The summed E-state index contributed by atoms with van der Waals surface area (Å²) in [5, 5.41) is 2.60. The molecule has 3 nitrogen and oxygen atoms in total. The quantitative estimate of drug-likeness (QED) is 0.864. The number of nitrogens with one attached hydrogen (secondary N) is 1. The molecule has 1 heterocycles. The summed E-state index contributed by atoms with van der Waals surface area (Å²) < 4.78 is 14.0. The van der Waals surface area contributed by atoms with Crippen LogP contribution < -0.4 is 5.32 Å². The summed E-state index contributed by atoms with van der Waals surface area (Å²) in [6.45, 7) is 0. The van der Waals surface area contributed by atoms with E-state index in [0.717, 1.165) is 4.47 Å². The number of aromatic nitrogens is 1. The van der Waals surface area contributed by atoms with Crippen molar-refractivity contribution in [3.05, 3.63) is 58.6 Å². The Kier molecular flexibility index (Phi) is 3.49. The van der Waals surface area contributed by atoms with Crippen molar-refractivity contribution in [2.45, 2.75) is 0 Å². The minimum atomic E-state index is -0.781. The van der Waals surface area contributed by atoms with Gasteiger partial charge in [-0.3, -0.25) is 4.79 Å². The van der Waals surface area contributed by atoms with Crippen LogP contribution in [0.4, 0.5) is 10.1 Å². The average Bonchev–Trinajstić information content (AvgIpc) is 2.32. The van der Waals surface area contributed by atoms with Crippen LogP contribution in [-0.2, 0) is 0 Å². The summed E-state index contributed by atoms with van der Waals surface area (Å²) in [5.41, 5.74) is 0.504. The molecule has 1 N–H and O–H groups in total. The number of pyridine rings is 1. The van der Waals surface area contributed by atoms with Crippen LogP contribution in [0.2, 0.25) is 0 Å². The van der Waals surface area contributed by atoms with E-state index >= 15 is 0 Å². The molecule has 1 aromatic heterocycles. The number of hydrogen-bond donors (Lipinski definition) is 1. The zero-order chi connectivity index (χ0) is 12.3. The van der Waals surface area contributed by atoms with Gasteiger partial charge in [0.2, 0.25) is 5.95 Å². The van der Waals surface area contributed by atoms with Crippen LogP contribution in [-0.4, -0.2) is 10.9 Å². The number of carbonyl (C=O) groups is 1. The van der Waals surface area contributed by atoms with Crippen molar-refractivity contribution in [3.8, 4) is 0 Å². The van der Waals surface area contributed by atoms with E-state index in [1.54, 1.807) is 18.2 Å². The highest BCUT2D eigenvalue weighted by molar-refractivity contribution is 9.10. The van der Waals surface area contributed by atoms with E-state index in [9.17, 15) is 9.18 Å². The number of carbonyl (C=O) groups excluding carboxylic acids is 1. The molecule has 0 aliphatic heterocycles. The van der Waals surface area contributed by atoms with Gasteiger partial charge in [0, 0.05) is 10.7 Å². The van der Waals surface area contributed by atoms with Crippen molar-refractivity contribution in [2.75, 3.05) is 5.32 Å². The van der Waals surface area contributed by atoms with Gasteiger partial charge < -0.3 is 5.32 Å². The molecule has 0 spiro atoms. The molecule has 0 aliphatic carbocycles. The first kappa shape index (κ1) is 11.7. The maximum Gasteiger partial charge on any atom is 0.260 e. The van der Waals surface area contributed by atoms with E-state index in [1.807, 2.05) is 6.07 Å². The molecule has 5 heteroatoms. The van der Waals surface area contributed by atoms with E-state index in [-0.39, 0.29) is 5.56 Å². The molecular weight excluding hydrogens is 287 g/mol. The smallest absolute Gasteiger partial charge is 0.260 e. The molecule has 0 radical (unpaired) electrons. The van der Waals surface area contributed by atoms with Crippen LogP contribution >= 0.6 is 15.9 Å². The summed E-state index contributed by atoms with van der Waals surface area (Å²) in [5.74, 6) is -1.31. The lowest BCUT2D eigenvalue weighted by molar-refractivity contribution is 0.102. The Morgan fingerprint density at radius 1 is 1.24 bits per heavy atom. The Balaban J connectivity index is 2.24. The maximum atomic E-state index is 13.3. The fraction of sp³-hybridized carbons (Fsp3) is 0. The highest BCUT2D eigenvalue weighted by Crippen LogP contribution is 2.21. The molecule has 86 valence electrons. The first-order valence-corrected chi connectivity index (χ1v) is 5.64. The standard InChI is InChI=1S/C12H8BrFN2O/c13-9-5-1-2-6-10(9)16-12(17)8-4-3-7-15-11(8)14/h1-7H,(H,16,17). The second-order valence-corrected chi connectivity index (χ2v) is 4.13. The fourth-order valence-electron chi connectivity index (χ4n) is 1.31. The predicted molar refractivity (Wildman–Crippen MR) is 66.3 cm³/mol. The van der Waals surface area contributed by atoms with Crippen LogP contribution in [0.3, 0.4) is 0 Å². The Bertz CT molecular complexity index is 560. The fourth-order valence-corrected chi connectivity index (χ4v) is 1.69. The molecule has 0 unspecified atom stereocenters. The van der Waals surface area contributed by atoms with E-state index in [0.29, 0.717) is 5.69 Å². The number of benzene rings is 1. The third-order valence-corrected chi connectivity index (χ3v) is 2.82. The lowest BCUT2D eigenvalue weighted by Crippen LogP contribution is -2.14. The minimum Gasteiger partial charge on any atom is -0.321 e. The van der Waals surface area contributed by atoms with E-state index in [2.05, 4.69) is 26.2 Å². The van der Waals surface area contributed by atoms with Gasteiger partial charge in [-0.1, -0.05) is 12.1 Å². The second-order valence-electron chi connectivity index (χ2n) is 3.28. The third-order valence-electron chi connectivity index (χ3n) is 2.13. The lowest BCUT2D eigenvalue weighted by atomic mass is 10.2. The van der Waals surface area contributed by atoms with Crippen molar-refractivity contribution in [2.24, 2.45) is 0 Å². The summed E-state index contributed by atoms with van der Waals surface area (Å²) in [4.78, 5) is 15.2. The van der Waals surface area contributed by atoms with Gasteiger partial charge in [0.15, 0.2) is 0 Å². The monoisotopic (exact) mass is 294 g/mol. The van der Waals surface area contributed by atoms with Crippen LogP contribution in [0.5, 0.6) is 0 Å². The molecule has 0 saturated carbocycles. The number of hydrogen-bond acceptors (Lipinski definition) is 2. The summed E-state index contributed by atoms with van der Waals surface area (Å²) in [6, 6.07) is 10.0. The van der Waals surface area contributed by atoms with Gasteiger partial charge in [0.1, 0.15) is 0 Å². The van der Waals surface area contributed by atoms with E-state index in [4.69, 9.17) is 0 Å². The van der Waals surface area contributed by atoms with Crippen molar-refractivity contribution < 1.29 is 9.18 Å². The van der Waals surface area contributed by atoms with Crippen molar-refractivity contribution in [1.29, 1.82) is 0 Å². The number of nitrogens with zero attached hydrogens (tertiary/aromatic N) is 1. The molecule has 17 heavy (non-hydrogen) atoms. The number of anilines is 1. The zero-order valence-corrected chi connectivity index (χ0v) is 10.2. The Morgan fingerprint density at radius 3 is 2.71 bits per heavy atom. The Labute approximate surface area is 106 Å². The molecule has 2 aromatic rings. The number of para-hydroxylation sites is 1. The second kappa shape index (κ2) is 5.05. The van der Waals surface area contributed by atoms with Crippen LogP contribution in [0.15, 0.2) is 47.1 Å². The van der Waals surface area contributed by atoms with Crippen molar-refractivity contribution in [3.63, 3.8) is 0 Å². The zero-order valence-electron chi connectivity index (χ0n) is 8.65. The highest BCUT2D eigenvalue weighted by atomic mass is 79.9. The predicted octanol–water partition coefficient (Wildman–Crippen LogP) is 3.24. The van der Waals surface area contributed by atoms with Gasteiger partial charge >= 0.3 is 0 Å². The van der Waals surface area contributed by atoms with Gasteiger partial charge in [0.25, 0.3) is 5.91 Å². The maximum absolute atomic E-state index is 13.3. The van der Waals surface area contributed by atoms with Crippen molar-refractivity contribution >= 4 is 27.5 Å². The molecular formula is C12H8BrFN2O. The van der Waals surface area contributed by atoms with Crippen LogP contribution in [0, 0.1) is 5.95 Å². The normalized spacial score (nSPS) is 10.0. The van der Waals surface area contributed by atoms with Gasteiger partial charge in [-0.2, -0.15) is 4.39 Å². The Morgan fingerprint density at radius 2 is 2.00 bits per heavy atom. The summed E-state index contributed by atoms with van der Waals surface area (Å²) in [7, 11) is 0. The summed E-state index contributed by atoms with van der Waals surface area (Å²) in [6.07, 6.45) is 1.30.